The number of likely N-dealkylation sites (tertiary alicyclic amines) is 1. The molecule has 0 aliphatic carbocycles. The molecule has 0 radical (unpaired) electrons. The Kier molecular flexibility index (Phi) is 5.01. The highest BCUT2D eigenvalue weighted by Crippen LogP contribution is 2.14. The van der Waals surface area contributed by atoms with Crippen molar-refractivity contribution in [3.63, 3.8) is 0 Å². The van der Waals surface area contributed by atoms with Crippen LogP contribution in [-0.4, -0.2) is 54.0 Å². The second-order valence-corrected chi connectivity index (χ2v) is 5.67. The van der Waals surface area contributed by atoms with E-state index in [4.69, 9.17) is 0 Å². The summed E-state index contributed by atoms with van der Waals surface area (Å²) in [4.78, 5) is 28.7. The zero-order chi connectivity index (χ0) is 15.4. The number of piperidine rings is 1. The molecule has 1 aliphatic rings. The van der Waals surface area contributed by atoms with E-state index in [0.29, 0.717) is 11.6 Å². The van der Waals surface area contributed by atoms with Crippen molar-refractivity contribution in [3.8, 4) is 0 Å². The molecule has 116 valence electrons. The van der Waals surface area contributed by atoms with E-state index in [1.807, 2.05) is 0 Å². The fourth-order valence-corrected chi connectivity index (χ4v) is 2.58. The van der Waals surface area contributed by atoms with Gasteiger partial charge in [0.25, 0.3) is 5.91 Å². The van der Waals surface area contributed by atoms with Gasteiger partial charge < -0.3 is 19.9 Å². The molecule has 6 heteroatoms. The zero-order valence-electron chi connectivity index (χ0n) is 12.8. The standard InChI is InChI=1S/C15H23N3O3/c1-10(2)18-6-4-12(5-7-18)17-14(19)11-8-13(16-9-11)15(20)21-3/h8-10,12,16H,4-7H2,1-3H3,(H,17,19). The number of rotatable bonds is 4. The molecule has 0 bridgehead atoms. The maximum Gasteiger partial charge on any atom is 0.354 e. The van der Waals surface area contributed by atoms with Gasteiger partial charge in [0.2, 0.25) is 0 Å². The summed E-state index contributed by atoms with van der Waals surface area (Å²) in [6.45, 7) is 6.38. The van der Waals surface area contributed by atoms with Gasteiger partial charge in [0.15, 0.2) is 0 Å². The minimum atomic E-state index is -0.473. The van der Waals surface area contributed by atoms with Crippen LogP contribution in [0.25, 0.3) is 0 Å². The van der Waals surface area contributed by atoms with Crippen LogP contribution in [0.15, 0.2) is 12.3 Å². The first-order chi connectivity index (χ1) is 10.0. The van der Waals surface area contributed by atoms with Crippen LogP contribution in [-0.2, 0) is 4.74 Å². The van der Waals surface area contributed by atoms with Crippen LogP contribution in [0.2, 0.25) is 0 Å². The number of carbonyl (C=O) groups is 2. The highest BCUT2D eigenvalue weighted by atomic mass is 16.5. The maximum absolute atomic E-state index is 12.2. The van der Waals surface area contributed by atoms with E-state index in [1.54, 1.807) is 0 Å². The summed E-state index contributed by atoms with van der Waals surface area (Å²) in [6, 6.07) is 2.27. The molecule has 1 fully saturated rings. The Balaban J connectivity index is 1.88. The van der Waals surface area contributed by atoms with E-state index in [9.17, 15) is 9.59 Å². The molecule has 2 rings (SSSR count). The highest BCUT2D eigenvalue weighted by Gasteiger charge is 2.23. The number of H-pyrrole nitrogens is 1. The third-order valence-electron chi connectivity index (χ3n) is 3.95. The average Bonchev–Trinajstić information content (AvgIpc) is 2.97. The fourth-order valence-electron chi connectivity index (χ4n) is 2.58. The molecule has 6 nitrogen and oxygen atoms in total. The van der Waals surface area contributed by atoms with Crippen LogP contribution in [0.4, 0.5) is 0 Å². The number of carbonyl (C=O) groups excluding carboxylic acids is 2. The first-order valence-electron chi connectivity index (χ1n) is 7.33. The van der Waals surface area contributed by atoms with E-state index >= 15 is 0 Å². The van der Waals surface area contributed by atoms with Gasteiger partial charge in [0, 0.05) is 31.4 Å². The largest absolute Gasteiger partial charge is 0.464 e. The molecule has 1 amide bonds. The minimum Gasteiger partial charge on any atom is -0.464 e. The maximum atomic E-state index is 12.2. The van der Waals surface area contributed by atoms with Crippen molar-refractivity contribution in [1.82, 2.24) is 15.2 Å². The van der Waals surface area contributed by atoms with Gasteiger partial charge in [-0.15, -0.1) is 0 Å². The molecule has 0 aromatic carbocycles. The molecule has 0 saturated carbocycles. The Hall–Kier alpha value is -1.82. The Morgan fingerprint density at radius 2 is 2.05 bits per heavy atom. The molecule has 0 spiro atoms. The first kappa shape index (κ1) is 15.6. The second kappa shape index (κ2) is 6.76. The van der Waals surface area contributed by atoms with Crippen LogP contribution in [0.1, 0.15) is 47.5 Å². The van der Waals surface area contributed by atoms with Crippen molar-refractivity contribution in [3.05, 3.63) is 23.5 Å². The molecular weight excluding hydrogens is 270 g/mol. The van der Waals surface area contributed by atoms with Gasteiger partial charge >= 0.3 is 5.97 Å². The van der Waals surface area contributed by atoms with Gasteiger partial charge in [0.1, 0.15) is 5.69 Å². The molecule has 2 N–H and O–H groups in total. The van der Waals surface area contributed by atoms with E-state index in [1.165, 1.54) is 19.4 Å². The summed E-state index contributed by atoms with van der Waals surface area (Å²) in [5, 5.41) is 3.03. The normalized spacial score (nSPS) is 17.0. The topological polar surface area (TPSA) is 74.4 Å². The number of nitrogens with one attached hydrogen (secondary N) is 2. The van der Waals surface area contributed by atoms with Crippen molar-refractivity contribution < 1.29 is 14.3 Å². The second-order valence-electron chi connectivity index (χ2n) is 5.67. The van der Waals surface area contributed by atoms with Crippen molar-refractivity contribution in [2.75, 3.05) is 20.2 Å². The molecule has 0 unspecified atom stereocenters. The van der Waals surface area contributed by atoms with Gasteiger partial charge in [-0.2, -0.15) is 0 Å². The summed E-state index contributed by atoms with van der Waals surface area (Å²) in [6.07, 6.45) is 3.45. The third kappa shape index (κ3) is 3.85. The number of aromatic nitrogens is 1. The molecule has 2 heterocycles. The van der Waals surface area contributed by atoms with Gasteiger partial charge in [-0.3, -0.25) is 4.79 Å². The summed E-state index contributed by atoms with van der Waals surface area (Å²) < 4.78 is 4.61. The zero-order valence-corrected chi connectivity index (χ0v) is 12.8. The Morgan fingerprint density at radius 1 is 1.38 bits per heavy atom. The quantitative estimate of drug-likeness (QED) is 0.823. The lowest BCUT2D eigenvalue weighted by Gasteiger charge is -2.34. The number of hydrogen-bond donors (Lipinski definition) is 2. The molecule has 1 aromatic heterocycles. The molecule has 21 heavy (non-hydrogen) atoms. The third-order valence-corrected chi connectivity index (χ3v) is 3.95. The summed E-state index contributed by atoms with van der Waals surface area (Å²) in [5.41, 5.74) is 0.749. The lowest BCUT2D eigenvalue weighted by molar-refractivity contribution is 0.0595. The number of methoxy groups -OCH3 is 1. The van der Waals surface area contributed by atoms with Crippen LogP contribution in [0.5, 0.6) is 0 Å². The first-order valence-corrected chi connectivity index (χ1v) is 7.33. The fraction of sp³-hybridized carbons (Fsp3) is 0.600. The van der Waals surface area contributed by atoms with E-state index in [0.717, 1.165) is 25.9 Å². The van der Waals surface area contributed by atoms with Crippen LogP contribution < -0.4 is 5.32 Å². The number of aromatic amines is 1. The Labute approximate surface area is 124 Å². The predicted octanol–water partition coefficient (Wildman–Crippen LogP) is 1.40. The number of amides is 1. The van der Waals surface area contributed by atoms with Crippen LogP contribution in [0, 0.1) is 0 Å². The number of nitrogens with zero attached hydrogens (tertiary/aromatic N) is 1. The lowest BCUT2D eigenvalue weighted by atomic mass is 10.0. The molecule has 1 aliphatic heterocycles. The Morgan fingerprint density at radius 3 is 2.62 bits per heavy atom. The molecular formula is C15H23N3O3. The monoisotopic (exact) mass is 293 g/mol. The summed E-state index contributed by atoms with van der Waals surface area (Å²) in [7, 11) is 1.31. The van der Waals surface area contributed by atoms with Crippen molar-refractivity contribution in [1.29, 1.82) is 0 Å². The molecule has 0 atom stereocenters. The average molecular weight is 293 g/mol. The smallest absolute Gasteiger partial charge is 0.354 e. The van der Waals surface area contributed by atoms with E-state index in [-0.39, 0.29) is 17.6 Å². The number of hydrogen-bond acceptors (Lipinski definition) is 4. The van der Waals surface area contributed by atoms with Crippen LogP contribution in [0.3, 0.4) is 0 Å². The van der Waals surface area contributed by atoms with Gasteiger partial charge in [-0.1, -0.05) is 0 Å². The van der Waals surface area contributed by atoms with E-state index in [2.05, 4.69) is 33.8 Å². The van der Waals surface area contributed by atoms with Gasteiger partial charge in [-0.05, 0) is 32.8 Å². The predicted molar refractivity (Wildman–Crippen MR) is 79.3 cm³/mol. The Bertz CT molecular complexity index is 502. The number of esters is 1. The van der Waals surface area contributed by atoms with Gasteiger partial charge in [0.05, 0.1) is 12.7 Å². The van der Waals surface area contributed by atoms with Crippen molar-refractivity contribution in [2.24, 2.45) is 0 Å². The highest BCUT2D eigenvalue weighted by molar-refractivity contribution is 5.97. The van der Waals surface area contributed by atoms with Crippen molar-refractivity contribution in [2.45, 2.75) is 38.8 Å². The molecule has 1 saturated heterocycles. The van der Waals surface area contributed by atoms with Gasteiger partial charge in [-0.25, -0.2) is 4.79 Å². The van der Waals surface area contributed by atoms with Crippen molar-refractivity contribution >= 4 is 11.9 Å². The number of ether oxygens (including phenoxy) is 1. The summed E-state index contributed by atoms with van der Waals surface area (Å²) in [5.74, 6) is -0.622. The summed E-state index contributed by atoms with van der Waals surface area (Å²) >= 11 is 0. The molecule has 1 aromatic rings. The lowest BCUT2D eigenvalue weighted by Crippen LogP contribution is -2.46. The van der Waals surface area contributed by atoms with E-state index < -0.39 is 5.97 Å². The minimum absolute atomic E-state index is 0.149. The SMILES string of the molecule is COC(=O)c1cc(C(=O)NC2CCN(C(C)C)CC2)c[nH]1. The van der Waals surface area contributed by atoms with Crippen LogP contribution >= 0.6 is 0 Å².